The van der Waals surface area contributed by atoms with Crippen molar-refractivity contribution in [2.45, 2.75) is 20.3 Å². The Labute approximate surface area is 173 Å². The van der Waals surface area contributed by atoms with E-state index in [1.807, 2.05) is 13.8 Å². The zero-order chi connectivity index (χ0) is 22.4. The van der Waals surface area contributed by atoms with Gasteiger partial charge in [0.25, 0.3) is 5.91 Å². The maximum Gasteiger partial charge on any atom is 0.346 e. The molecule has 0 bridgehead atoms. The van der Waals surface area contributed by atoms with Gasteiger partial charge in [-0.2, -0.15) is 0 Å². The Morgan fingerprint density at radius 3 is 2.20 bits per heavy atom. The van der Waals surface area contributed by atoms with Crippen molar-refractivity contribution in [3.63, 3.8) is 0 Å². The maximum absolute atomic E-state index is 13.3. The lowest BCUT2D eigenvalue weighted by molar-refractivity contribution is -0.422. The number of methoxy groups -OCH3 is 2. The second kappa shape index (κ2) is 9.68. The number of carbonyl (C=O) groups excluding carboxylic acids is 1. The lowest BCUT2D eigenvalue weighted by Crippen LogP contribution is -2.33. The van der Waals surface area contributed by atoms with Crippen molar-refractivity contribution >= 4 is 23.0 Å². The number of rotatable bonds is 9. The van der Waals surface area contributed by atoms with Crippen molar-refractivity contribution in [2.24, 2.45) is 5.92 Å². The van der Waals surface area contributed by atoms with E-state index < -0.39 is 27.1 Å². The lowest BCUT2D eigenvalue weighted by atomic mass is 10.1. The van der Waals surface area contributed by atoms with Crippen molar-refractivity contribution in [3.8, 4) is 11.5 Å². The first kappa shape index (κ1) is 22.6. The highest BCUT2D eigenvalue weighted by Crippen LogP contribution is 2.35. The summed E-state index contributed by atoms with van der Waals surface area (Å²) in [5.41, 5.74) is -0.984. The van der Waals surface area contributed by atoms with E-state index in [1.54, 1.807) is 18.2 Å². The molecule has 0 saturated heterocycles. The number of nitro benzene ring substituents is 2. The normalized spacial score (nSPS) is 10.6. The first-order valence-electron chi connectivity index (χ1n) is 9.16. The summed E-state index contributed by atoms with van der Waals surface area (Å²) in [5.74, 6) is 0.688. The molecule has 0 heterocycles. The van der Waals surface area contributed by atoms with E-state index in [9.17, 15) is 25.0 Å². The van der Waals surface area contributed by atoms with Gasteiger partial charge < -0.3 is 14.4 Å². The van der Waals surface area contributed by atoms with Crippen LogP contribution in [0.5, 0.6) is 11.5 Å². The van der Waals surface area contributed by atoms with Crippen molar-refractivity contribution < 1.29 is 24.1 Å². The Morgan fingerprint density at radius 2 is 1.67 bits per heavy atom. The third-order valence-corrected chi connectivity index (χ3v) is 4.47. The molecule has 0 atom stereocenters. The number of anilines is 1. The summed E-state index contributed by atoms with van der Waals surface area (Å²) >= 11 is 0. The van der Waals surface area contributed by atoms with Crippen LogP contribution in [0.15, 0.2) is 36.4 Å². The lowest BCUT2D eigenvalue weighted by Gasteiger charge is -2.26. The SMILES string of the molecule is COc1ccc(N(CCC(C)C)C(=O)c2ccc([N+](=O)[O-])c([N+](=O)[O-])c2)c(OC)c1. The molecule has 0 fully saturated rings. The van der Waals surface area contributed by atoms with Crippen LogP contribution >= 0.6 is 0 Å². The third kappa shape index (κ3) is 5.02. The molecule has 0 aliphatic carbocycles. The maximum atomic E-state index is 13.3. The Kier molecular flexibility index (Phi) is 7.29. The number of nitro groups is 2. The van der Waals surface area contributed by atoms with Gasteiger partial charge in [-0.15, -0.1) is 0 Å². The summed E-state index contributed by atoms with van der Waals surface area (Å²) in [5, 5.41) is 22.3. The van der Waals surface area contributed by atoms with E-state index >= 15 is 0 Å². The molecule has 0 aromatic heterocycles. The number of ether oxygens (including phenoxy) is 2. The minimum atomic E-state index is -0.874. The van der Waals surface area contributed by atoms with E-state index in [-0.39, 0.29) is 11.5 Å². The molecule has 10 heteroatoms. The van der Waals surface area contributed by atoms with E-state index in [0.29, 0.717) is 30.2 Å². The molecule has 30 heavy (non-hydrogen) atoms. The van der Waals surface area contributed by atoms with Gasteiger partial charge in [0, 0.05) is 30.3 Å². The Morgan fingerprint density at radius 1 is 1.00 bits per heavy atom. The fraction of sp³-hybridized carbons (Fsp3) is 0.350. The van der Waals surface area contributed by atoms with Crippen molar-refractivity contribution in [1.82, 2.24) is 0 Å². The van der Waals surface area contributed by atoms with Crippen LogP contribution in [0.2, 0.25) is 0 Å². The highest BCUT2D eigenvalue weighted by Gasteiger charge is 2.28. The van der Waals surface area contributed by atoms with Gasteiger partial charge in [0.15, 0.2) is 0 Å². The van der Waals surface area contributed by atoms with E-state index in [2.05, 4.69) is 0 Å². The highest BCUT2D eigenvalue weighted by molar-refractivity contribution is 6.07. The zero-order valence-electron chi connectivity index (χ0n) is 17.2. The molecule has 10 nitrogen and oxygen atoms in total. The van der Waals surface area contributed by atoms with Crippen LogP contribution in [-0.2, 0) is 0 Å². The second-order valence-electron chi connectivity index (χ2n) is 6.89. The van der Waals surface area contributed by atoms with Crippen LogP contribution in [0, 0.1) is 26.1 Å². The largest absolute Gasteiger partial charge is 0.497 e. The molecular weight excluding hydrogens is 394 g/mol. The van der Waals surface area contributed by atoms with E-state index in [4.69, 9.17) is 9.47 Å². The molecule has 0 unspecified atom stereocenters. The monoisotopic (exact) mass is 417 g/mol. The van der Waals surface area contributed by atoms with Crippen LogP contribution < -0.4 is 14.4 Å². The van der Waals surface area contributed by atoms with Crippen LogP contribution in [-0.4, -0.2) is 36.5 Å². The van der Waals surface area contributed by atoms with Crippen LogP contribution in [0.25, 0.3) is 0 Å². The first-order chi connectivity index (χ1) is 14.2. The molecule has 0 N–H and O–H groups in total. The molecular formula is C20H23N3O7. The van der Waals surface area contributed by atoms with Gasteiger partial charge >= 0.3 is 11.4 Å². The fourth-order valence-corrected chi connectivity index (χ4v) is 2.84. The van der Waals surface area contributed by atoms with Gasteiger partial charge in [-0.1, -0.05) is 13.8 Å². The summed E-state index contributed by atoms with van der Waals surface area (Å²) in [4.78, 5) is 35.3. The molecule has 1 amide bonds. The number of hydrogen-bond acceptors (Lipinski definition) is 7. The predicted octanol–water partition coefficient (Wildman–Crippen LogP) is 4.21. The number of hydrogen-bond donors (Lipinski definition) is 0. The van der Waals surface area contributed by atoms with Gasteiger partial charge in [0.1, 0.15) is 11.5 Å². The minimum absolute atomic E-state index is 0.0334. The van der Waals surface area contributed by atoms with Gasteiger partial charge in [-0.25, -0.2) is 0 Å². The topological polar surface area (TPSA) is 125 Å². The summed E-state index contributed by atoms with van der Waals surface area (Å²) in [7, 11) is 2.96. The van der Waals surface area contributed by atoms with Crippen molar-refractivity contribution in [2.75, 3.05) is 25.7 Å². The number of benzene rings is 2. The van der Waals surface area contributed by atoms with Gasteiger partial charge in [0.05, 0.1) is 29.8 Å². The number of amides is 1. The standard InChI is InChI=1S/C20H23N3O7/c1-13(2)9-10-21(17-8-6-15(29-3)12-19(17)30-4)20(24)14-5-7-16(22(25)26)18(11-14)23(27)28/h5-8,11-13H,9-10H2,1-4H3. The van der Waals surface area contributed by atoms with Gasteiger partial charge in [0.2, 0.25) is 0 Å². The Balaban J connectivity index is 2.55. The number of nitrogens with zero attached hydrogens (tertiary/aromatic N) is 3. The van der Waals surface area contributed by atoms with Crippen molar-refractivity contribution in [1.29, 1.82) is 0 Å². The average Bonchev–Trinajstić information content (AvgIpc) is 2.72. The van der Waals surface area contributed by atoms with Gasteiger partial charge in [-0.3, -0.25) is 25.0 Å². The molecule has 0 saturated carbocycles. The molecule has 2 aromatic rings. The van der Waals surface area contributed by atoms with Crippen LogP contribution in [0.4, 0.5) is 17.1 Å². The summed E-state index contributed by atoms with van der Waals surface area (Å²) < 4.78 is 10.6. The zero-order valence-corrected chi connectivity index (χ0v) is 17.2. The summed E-state index contributed by atoms with van der Waals surface area (Å²) in [6.07, 6.45) is 0.663. The number of carbonyl (C=O) groups is 1. The van der Waals surface area contributed by atoms with Gasteiger partial charge in [-0.05, 0) is 30.5 Å². The molecule has 2 rings (SSSR count). The van der Waals surface area contributed by atoms with Crippen molar-refractivity contribution in [3.05, 3.63) is 62.2 Å². The molecule has 2 aromatic carbocycles. The molecule has 0 radical (unpaired) electrons. The fourth-order valence-electron chi connectivity index (χ4n) is 2.84. The summed E-state index contributed by atoms with van der Waals surface area (Å²) in [6.45, 7) is 4.33. The molecule has 160 valence electrons. The van der Waals surface area contributed by atoms with E-state index in [1.165, 1.54) is 25.2 Å². The highest BCUT2D eigenvalue weighted by atomic mass is 16.6. The third-order valence-electron chi connectivity index (χ3n) is 4.47. The predicted molar refractivity (Wildman–Crippen MR) is 110 cm³/mol. The molecule has 0 spiro atoms. The van der Waals surface area contributed by atoms with E-state index in [0.717, 1.165) is 12.1 Å². The Hall–Kier alpha value is -3.69. The molecule has 0 aliphatic heterocycles. The van der Waals surface area contributed by atoms with Crippen LogP contribution in [0.3, 0.4) is 0 Å². The average molecular weight is 417 g/mol. The minimum Gasteiger partial charge on any atom is -0.497 e. The first-order valence-corrected chi connectivity index (χ1v) is 9.16. The quantitative estimate of drug-likeness (QED) is 0.442. The Bertz CT molecular complexity index is 959. The molecule has 0 aliphatic rings. The van der Waals surface area contributed by atoms with Crippen LogP contribution in [0.1, 0.15) is 30.6 Å². The second-order valence-corrected chi connectivity index (χ2v) is 6.89. The smallest absolute Gasteiger partial charge is 0.346 e. The summed E-state index contributed by atoms with van der Waals surface area (Å²) in [6, 6.07) is 8.08.